The van der Waals surface area contributed by atoms with Crippen molar-refractivity contribution >= 4 is 12.1 Å². The predicted octanol–water partition coefficient (Wildman–Crippen LogP) is 4.56. The van der Waals surface area contributed by atoms with Crippen LogP contribution >= 0.6 is 0 Å². The maximum Gasteiger partial charge on any atom is 0.407 e. The number of carbonyl (C=O) groups excluding carboxylic acids is 1. The third-order valence-electron chi connectivity index (χ3n) is 6.24. The average Bonchev–Trinajstić information content (AvgIpc) is 3.00. The van der Waals surface area contributed by atoms with E-state index in [4.69, 9.17) is 4.74 Å². The molecule has 146 valence electrons. The van der Waals surface area contributed by atoms with Gasteiger partial charge in [-0.05, 0) is 42.0 Å². The second kappa shape index (κ2) is 7.30. The number of carboxylic acids is 1. The molecule has 4 rings (SSSR count). The number of amides is 1. The molecular formula is C23H25NO4. The van der Waals surface area contributed by atoms with Crippen LogP contribution in [0.15, 0.2) is 48.5 Å². The van der Waals surface area contributed by atoms with Crippen molar-refractivity contribution in [2.75, 3.05) is 6.61 Å². The highest BCUT2D eigenvalue weighted by molar-refractivity contribution is 5.79. The molecule has 2 N–H and O–H groups in total. The van der Waals surface area contributed by atoms with Gasteiger partial charge in [0.1, 0.15) is 6.61 Å². The number of carbonyl (C=O) groups is 2. The molecule has 0 saturated heterocycles. The molecule has 1 saturated carbocycles. The Labute approximate surface area is 164 Å². The van der Waals surface area contributed by atoms with Crippen LogP contribution in [0.25, 0.3) is 11.1 Å². The van der Waals surface area contributed by atoms with Gasteiger partial charge in [-0.15, -0.1) is 0 Å². The summed E-state index contributed by atoms with van der Waals surface area (Å²) in [6, 6.07) is 16.4. The van der Waals surface area contributed by atoms with E-state index in [0.29, 0.717) is 12.8 Å². The molecule has 2 unspecified atom stereocenters. The van der Waals surface area contributed by atoms with Gasteiger partial charge in [0.05, 0.1) is 11.5 Å². The number of rotatable bonds is 4. The smallest absolute Gasteiger partial charge is 0.407 e. The normalized spacial score (nSPS) is 23.5. The Morgan fingerprint density at radius 2 is 1.68 bits per heavy atom. The first-order chi connectivity index (χ1) is 13.5. The van der Waals surface area contributed by atoms with Crippen LogP contribution in [-0.4, -0.2) is 29.3 Å². The SMILES string of the molecule is CC1(NC(=O)OCC2c3ccccc3-c3ccccc32)CCCCC1C(=O)O. The van der Waals surface area contributed by atoms with Crippen molar-refractivity contribution in [2.24, 2.45) is 5.92 Å². The standard InChI is InChI=1S/C23H25NO4/c1-23(13-7-6-12-20(23)21(25)26)24-22(27)28-14-19-17-10-4-2-8-15(17)16-9-3-5-11-18(16)19/h2-5,8-11,19-20H,6-7,12-14H2,1H3,(H,24,27)(H,25,26). The van der Waals surface area contributed by atoms with Gasteiger partial charge in [-0.25, -0.2) is 4.79 Å². The lowest BCUT2D eigenvalue weighted by Crippen LogP contribution is -2.55. The first-order valence-electron chi connectivity index (χ1n) is 9.85. The molecule has 2 aliphatic carbocycles. The second-order valence-electron chi connectivity index (χ2n) is 8.00. The first kappa shape index (κ1) is 18.5. The molecule has 0 aliphatic heterocycles. The van der Waals surface area contributed by atoms with E-state index in [1.165, 1.54) is 11.1 Å². The number of nitrogens with one attached hydrogen (secondary N) is 1. The zero-order chi connectivity index (χ0) is 19.7. The summed E-state index contributed by atoms with van der Waals surface area (Å²) in [6.07, 6.45) is 2.46. The van der Waals surface area contributed by atoms with E-state index in [0.717, 1.165) is 24.0 Å². The summed E-state index contributed by atoms with van der Waals surface area (Å²) in [5, 5.41) is 12.4. The number of carboxylic acid groups (broad SMARTS) is 1. The topological polar surface area (TPSA) is 75.6 Å². The molecule has 2 aromatic rings. The van der Waals surface area contributed by atoms with E-state index in [9.17, 15) is 14.7 Å². The highest BCUT2D eigenvalue weighted by atomic mass is 16.5. The number of aliphatic carboxylic acids is 1. The van der Waals surface area contributed by atoms with Crippen LogP contribution in [0.3, 0.4) is 0 Å². The van der Waals surface area contributed by atoms with Gasteiger partial charge in [0.15, 0.2) is 0 Å². The fourth-order valence-electron chi connectivity index (χ4n) is 4.75. The minimum Gasteiger partial charge on any atom is -0.481 e. The summed E-state index contributed by atoms with van der Waals surface area (Å²) in [4.78, 5) is 24.1. The van der Waals surface area contributed by atoms with E-state index in [-0.39, 0.29) is 12.5 Å². The van der Waals surface area contributed by atoms with Gasteiger partial charge in [0, 0.05) is 5.92 Å². The Hall–Kier alpha value is -2.82. The van der Waals surface area contributed by atoms with Crippen LogP contribution in [-0.2, 0) is 9.53 Å². The lowest BCUT2D eigenvalue weighted by molar-refractivity contribution is -0.145. The number of hydrogen-bond donors (Lipinski definition) is 2. The van der Waals surface area contributed by atoms with E-state index < -0.39 is 23.5 Å². The summed E-state index contributed by atoms with van der Waals surface area (Å²) < 4.78 is 5.59. The number of benzene rings is 2. The molecule has 0 spiro atoms. The molecule has 2 atom stereocenters. The Morgan fingerprint density at radius 3 is 2.29 bits per heavy atom. The van der Waals surface area contributed by atoms with Crippen molar-refractivity contribution in [2.45, 2.75) is 44.1 Å². The van der Waals surface area contributed by atoms with E-state index in [1.807, 2.05) is 31.2 Å². The van der Waals surface area contributed by atoms with Crippen LogP contribution in [0.5, 0.6) is 0 Å². The van der Waals surface area contributed by atoms with Gasteiger partial charge in [-0.1, -0.05) is 61.4 Å². The average molecular weight is 379 g/mol. The number of alkyl carbamates (subject to hydrolysis) is 1. The van der Waals surface area contributed by atoms with Gasteiger partial charge >= 0.3 is 12.1 Å². The first-order valence-corrected chi connectivity index (χ1v) is 9.85. The third-order valence-corrected chi connectivity index (χ3v) is 6.24. The molecule has 1 amide bonds. The molecule has 0 aromatic heterocycles. The second-order valence-corrected chi connectivity index (χ2v) is 8.00. The fourth-order valence-corrected chi connectivity index (χ4v) is 4.75. The summed E-state index contributed by atoms with van der Waals surface area (Å²) in [5.41, 5.74) is 3.90. The molecule has 5 nitrogen and oxygen atoms in total. The van der Waals surface area contributed by atoms with E-state index in [1.54, 1.807) is 0 Å². The largest absolute Gasteiger partial charge is 0.481 e. The van der Waals surface area contributed by atoms with Crippen molar-refractivity contribution in [3.05, 3.63) is 59.7 Å². The number of ether oxygens (including phenoxy) is 1. The quantitative estimate of drug-likeness (QED) is 0.817. The van der Waals surface area contributed by atoms with Crippen LogP contribution in [0.1, 0.15) is 49.7 Å². The molecule has 28 heavy (non-hydrogen) atoms. The van der Waals surface area contributed by atoms with Gasteiger partial charge in [0.2, 0.25) is 0 Å². The Kier molecular flexibility index (Phi) is 4.84. The molecule has 0 bridgehead atoms. The Morgan fingerprint density at radius 1 is 1.07 bits per heavy atom. The molecular weight excluding hydrogens is 354 g/mol. The van der Waals surface area contributed by atoms with Crippen molar-refractivity contribution in [3.63, 3.8) is 0 Å². The van der Waals surface area contributed by atoms with Gasteiger partial charge < -0.3 is 15.2 Å². The van der Waals surface area contributed by atoms with Gasteiger partial charge in [-0.2, -0.15) is 0 Å². The van der Waals surface area contributed by atoms with Crippen molar-refractivity contribution in [1.82, 2.24) is 5.32 Å². The zero-order valence-electron chi connectivity index (χ0n) is 16.0. The Bertz CT molecular complexity index is 863. The summed E-state index contributed by atoms with van der Waals surface area (Å²) >= 11 is 0. The minimum atomic E-state index is -0.860. The van der Waals surface area contributed by atoms with Crippen LogP contribution in [0.2, 0.25) is 0 Å². The van der Waals surface area contributed by atoms with E-state index in [2.05, 4.69) is 29.6 Å². The van der Waals surface area contributed by atoms with Crippen molar-refractivity contribution < 1.29 is 19.4 Å². The Balaban J connectivity index is 1.47. The van der Waals surface area contributed by atoms with Crippen molar-refractivity contribution in [3.8, 4) is 11.1 Å². The lowest BCUT2D eigenvalue weighted by atomic mass is 9.74. The maximum atomic E-state index is 12.5. The molecule has 0 radical (unpaired) electrons. The van der Waals surface area contributed by atoms with Crippen molar-refractivity contribution in [1.29, 1.82) is 0 Å². The molecule has 2 aliphatic rings. The molecule has 1 fully saturated rings. The highest BCUT2D eigenvalue weighted by Crippen LogP contribution is 2.44. The highest BCUT2D eigenvalue weighted by Gasteiger charge is 2.42. The number of fused-ring (bicyclic) bond motifs is 3. The van der Waals surface area contributed by atoms with Crippen LogP contribution in [0, 0.1) is 5.92 Å². The zero-order valence-corrected chi connectivity index (χ0v) is 16.0. The van der Waals surface area contributed by atoms with Gasteiger partial charge in [-0.3, -0.25) is 4.79 Å². The maximum absolute atomic E-state index is 12.5. The third kappa shape index (κ3) is 3.26. The molecule has 2 aromatic carbocycles. The summed E-state index contributed by atoms with van der Waals surface area (Å²) in [6.45, 7) is 2.04. The minimum absolute atomic E-state index is 0.00687. The number of hydrogen-bond acceptors (Lipinski definition) is 3. The summed E-state index contributed by atoms with van der Waals surface area (Å²) in [5.74, 6) is -1.45. The van der Waals surface area contributed by atoms with Crippen LogP contribution in [0.4, 0.5) is 4.79 Å². The fraction of sp³-hybridized carbons (Fsp3) is 0.391. The monoisotopic (exact) mass is 379 g/mol. The van der Waals surface area contributed by atoms with Crippen LogP contribution < -0.4 is 5.32 Å². The van der Waals surface area contributed by atoms with E-state index >= 15 is 0 Å². The lowest BCUT2D eigenvalue weighted by Gasteiger charge is -2.39. The molecule has 5 heteroatoms. The summed E-state index contributed by atoms with van der Waals surface area (Å²) in [7, 11) is 0. The molecule has 0 heterocycles. The van der Waals surface area contributed by atoms with Gasteiger partial charge in [0.25, 0.3) is 0 Å². The predicted molar refractivity (Wildman–Crippen MR) is 106 cm³/mol.